The molecule has 0 spiro atoms. The summed E-state index contributed by atoms with van der Waals surface area (Å²) in [7, 11) is 0. The summed E-state index contributed by atoms with van der Waals surface area (Å²) in [6.45, 7) is 3.88. The molecule has 0 aliphatic carbocycles. The summed E-state index contributed by atoms with van der Waals surface area (Å²) in [6, 6.07) is 12.2. The van der Waals surface area contributed by atoms with E-state index < -0.39 is 0 Å². The Morgan fingerprint density at radius 1 is 1.32 bits per heavy atom. The molecular formula is C18H17BrO3. The Morgan fingerprint density at radius 2 is 2.14 bits per heavy atom. The molecule has 0 N–H and O–H groups in total. The summed E-state index contributed by atoms with van der Waals surface area (Å²) in [5.74, 6) is 1.72. The van der Waals surface area contributed by atoms with Gasteiger partial charge in [-0.1, -0.05) is 41.1 Å². The molecule has 114 valence electrons. The van der Waals surface area contributed by atoms with Crippen LogP contribution in [0.5, 0.6) is 11.5 Å². The van der Waals surface area contributed by atoms with E-state index in [1.165, 1.54) is 12.5 Å². The third-order valence-electron chi connectivity index (χ3n) is 3.85. The number of ether oxygens (including phenoxy) is 2. The molecule has 1 heterocycles. The van der Waals surface area contributed by atoms with Crippen molar-refractivity contribution in [1.29, 1.82) is 0 Å². The van der Waals surface area contributed by atoms with Crippen LogP contribution < -0.4 is 4.74 Å². The fourth-order valence-corrected chi connectivity index (χ4v) is 3.09. The molecule has 3 nitrogen and oxygen atoms in total. The summed E-state index contributed by atoms with van der Waals surface area (Å²) in [5, 5.41) is 0. The minimum atomic E-state index is -0.244. The largest absolute Gasteiger partial charge is 0.465 e. The van der Waals surface area contributed by atoms with Gasteiger partial charge in [0.15, 0.2) is 0 Å². The van der Waals surface area contributed by atoms with Crippen LogP contribution in [0, 0.1) is 0 Å². The van der Waals surface area contributed by atoms with Gasteiger partial charge in [-0.05, 0) is 29.3 Å². The van der Waals surface area contributed by atoms with Crippen LogP contribution in [0.25, 0.3) is 0 Å². The number of halogens is 1. The molecule has 22 heavy (non-hydrogen) atoms. The number of rotatable bonds is 3. The summed E-state index contributed by atoms with van der Waals surface area (Å²) in [5.41, 5.74) is 3.48. The van der Waals surface area contributed by atoms with Crippen LogP contribution in [0.2, 0.25) is 0 Å². The first-order valence-electron chi connectivity index (χ1n) is 7.26. The van der Waals surface area contributed by atoms with Crippen LogP contribution in [-0.2, 0) is 16.0 Å². The van der Waals surface area contributed by atoms with E-state index in [0.29, 0.717) is 6.61 Å². The average molecular weight is 361 g/mol. The van der Waals surface area contributed by atoms with Crippen molar-refractivity contribution >= 4 is 21.9 Å². The van der Waals surface area contributed by atoms with E-state index in [9.17, 15) is 4.79 Å². The second-order valence-electron chi connectivity index (χ2n) is 5.57. The number of benzene rings is 2. The highest BCUT2D eigenvalue weighted by Gasteiger charge is 2.20. The number of hydrogen-bond donors (Lipinski definition) is 0. The van der Waals surface area contributed by atoms with Crippen LogP contribution >= 0.6 is 15.9 Å². The fourth-order valence-electron chi connectivity index (χ4n) is 2.60. The minimum absolute atomic E-state index is 0.162. The molecule has 0 bridgehead atoms. The van der Waals surface area contributed by atoms with Crippen molar-refractivity contribution in [3.8, 4) is 11.5 Å². The fraction of sp³-hybridized carbons (Fsp3) is 0.278. The van der Waals surface area contributed by atoms with Gasteiger partial charge in [0, 0.05) is 29.3 Å². The van der Waals surface area contributed by atoms with Crippen molar-refractivity contribution < 1.29 is 14.3 Å². The molecule has 2 aromatic carbocycles. The lowest BCUT2D eigenvalue weighted by Gasteiger charge is -2.23. The van der Waals surface area contributed by atoms with Crippen molar-refractivity contribution in [2.45, 2.75) is 26.2 Å². The van der Waals surface area contributed by atoms with Gasteiger partial charge in [0.2, 0.25) is 0 Å². The topological polar surface area (TPSA) is 35.5 Å². The van der Waals surface area contributed by atoms with Crippen LogP contribution in [0.1, 0.15) is 36.5 Å². The number of carbonyl (C=O) groups excluding carboxylic acids is 1. The maximum Gasteiger partial charge on any atom is 0.302 e. The van der Waals surface area contributed by atoms with E-state index in [-0.39, 0.29) is 11.9 Å². The van der Waals surface area contributed by atoms with Gasteiger partial charge in [-0.25, -0.2) is 0 Å². The van der Waals surface area contributed by atoms with Crippen molar-refractivity contribution in [3.05, 3.63) is 57.6 Å². The van der Waals surface area contributed by atoms with E-state index in [1.807, 2.05) is 30.3 Å². The molecule has 0 saturated heterocycles. The highest BCUT2D eigenvalue weighted by atomic mass is 79.9. The predicted molar refractivity (Wildman–Crippen MR) is 88.5 cm³/mol. The maximum atomic E-state index is 10.9. The Kier molecular flexibility index (Phi) is 4.21. The standard InChI is InChI=1S/C18H17BrO3/c1-11(10-21-12(2)20)13-6-7-17-14(8-13)9-15-16(19)4-3-5-18(15)22-17/h3-8,11H,9-10H2,1-2H3. The molecule has 1 aliphatic rings. The van der Waals surface area contributed by atoms with Crippen LogP contribution in [-0.4, -0.2) is 12.6 Å². The zero-order valence-corrected chi connectivity index (χ0v) is 14.1. The molecule has 0 amide bonds. The van der Waals surface area contributed by atoms with Crippen LogP contribution in [0.15, 0.2) is 40.9 Å². The first-order chi connectivity index (χ1) is 10.5. The van der Waals surface area contributed by atoms with E-state index in [1.54, 1.807) is 0 Å². The molecule has 1 atom stereocenters. The zero-order chi connectivity index (χ0) is 15.7. The Labute approximate surface area is 138 Å². The lowest BCUT2D eigenvalue weighted by molar-refractivity contribution is -0.141. The Morgan fingerprint density at radius 3 is 2.91 bits per heavy atom. The smallest absolute Gasteiger partial charge is 0.302 e. The third kappa shape index (κ3) is 3.02. The molecule has 1 aliphatic heterocycles. The van der Waals surface area contributed by atoms with Gasteiger partial charge in [0.1, 0.15) is 11.5 Å². The first-order valence-corrected chi connectivity index (χ1v) is 8.05. The summed E-state index contributed by atoms with van der Waals surface area (Å²) in [6.07, 6.45) is 0.834. The van der Waals surface area contributed by atoms with Gasteiger partial charge in [0.25, 0.3) is 0 Å². The van der Waals surface area contributed by atoms with Gasteiger partial charge in [-0.3, -0.25) is 4.79 Å². The molecular weight excluding hydrogens is 344 g/mol. The molecule has 2 aromatic rings. The van der Waals surface area contributed by atoms with E-state index in [0.717, 1.165) is 33.5 Å². The van der Waals surface area contributed by atoms with E-state index >= 15 is 0 Å². The second-order valence-corrected chi connectivity index (χ2v) is 6.42. The van der Waals surface area contributed by atoms with Crippen molar-refractivity contribution in [2.24, 2.45) is 0 Å². The van der Waals surface area contributed by atoms with E-state index in [4.69, 9.17) is 9.47 Å². The van der Waals surface area contributed by atoms with Gasteiger partial charge in [-0.15, -0.1) is 0 Å². The van der Waals surface area contributed by atoms with Crippen molar-refractivity contribution in [3.63, 3.8) is 0 Å². The highest BCUT2D eigenvalue weighted by molar-refractivity contribution is 9.10. The first kappa shape index (κ1) is 15.1. The molecule has 4 heteroatoms. The normalized spacial score (nSPS) is 13.6. The monoisotopic (exact) mass is 360 g/mol. The molecule has 0 fully saturated rings. The van der Waals surface area contributed by atoms with Crippen molar-refractivity contribution in [1.82, 2.24) is 0 Å². The average Bonchev–Trinajstić information content (AvgIpc) is 2.51. The van der Waals surface area contributed by atoms with Crippen LogP contribution in [0.4, 0.5) is 0 Å². The van der Waals surface area contributed by atoms with Gasteiger partial charge in [-0.2, -0.15) is 0 Å². The molecule has 3 rings (SSSR count). The lowest BCUT2D eigenvalue weighted by Crippen LogP contribution is -2.09. The quantitative estimate of drug-likeness (QED) is 0.628. The predicted octanol–water partition coefficient (Wildman–Crippen LogP) is 4.81. The molecule has 0 radical (unpaired) electrons. The third-order valence-corrected chi connectivity index (χ3v) is 4.60. The highest BCUT2D eigenvalue weighted by Crippen LogP contribution is 2.40. The van der Waals surface area contributed by atoms with Gasteiger partial charge < -0.3 is 9.47 Å². The molecule has 0 aromatic heterocycles. The summed E-state index contributed by atoms with van der Waals surface area (Å²) in [4.78, 5) is 10.9. The minimum Gasteiger partial charge on any atom is -0.465 e. The maximum absolute atomic E-state index is 10.9. The SMILES string of the molecule is CC(=O)OCC(C)c1ccc2c(c1)Cc1c(Br)cccc1O2. The summed E-state index contributed by atoms with van der Waals surface area (Å²) < 4.78 is 12.1. The zero-order valence-electron chi connectivity index (χ0n) is 12.6. The number of esters is 1. The number of fused-ring (bicyclic) bond motifs is 2. The van der Waals surface area contributed by atoms with Gasteiger partial charge in [0.05, 0.1) is 6.61 Å². The molecule has 0 saturated carbocycles. The van der Waals surface area contributed by atoms with E-state index in [2.05, 4.69) is 28.9 Å². The van der Waals surface area contributed by atoms with Crippen molar-refractivity contribution in [2.75, 3.05) is 6.61 Å². The number of carbonyl (C=O) groups is 1. The Hall–Kier alpha value is -1.81. The summed E-state index contributed by atoms with van der Waals surface area (Å²) >= 11 is 3.58. The van der Waals surface area contributed by atoms with Gasteiger partial charge >= 0.3 is 5.97 Å². The second kappa shape index (κ2) is 6.13. The Bertz CT molecular complexity index is 724. The Balaban J connectivity index is 1.85. The lowest BCUT2D eigenvalue weighted by atomic mass is 9.94. The molecule has 1 unspecified atom stereocenters. The van der Waals surface area contributed by atoms with Crippen LogP contribution in [0.3, 0.4) is 0 Å². The number of hydrogen-bond acceptors (Lipinski definition) is 3.